The number of nitrogens with one attached hydrogen (secondary N) is 1. The highest BCUT2D eigenvalue weighted by Crippen LogP contribution is 2.14. The summed E-state index contributed by atoms with van der Waals surface area (Å²) in [5.74, 6) is -2.72. The molecule has 1 aromatic rings. The number of amides is 1. The molecule has 7 heteroatoms. The maximum atomic E-state index is 13.4. The van der Waals surface area contributed by atoms with E-state index in [1.165, 1.54) is 19.2 Å². The van der Waals surface area contributed by atoms with Crippen molar-refractivity contribution < 1.29 is 23.8 Å². The molecule has 0 aliphatic rings. The number of aliphatic carboxylic acids is 1. The van der Waals surface area contributed by atoms with Crippen LogP contribution in [0.25, 0.3) is 0 Å². The van der Waals surface area contributed by atoms with E-state index >= 15 is 0 Å². The van der Waals surface area contributed by atoms with E-state index in [-0.39, 0.29) is 17.1 Å². The van der Waals surface area contributed by atoms with Crippen LogP contribution in [0.2, 0.25) is 5.02 Å². The number of hydrogen-bond donors (Lipinski definition) is 2. The van der Waals surface area contributed by atoms with Gasteiger partial charge in [0.1, 0.15) is 5.82 Å². The van der Waals surface area contributed by atoms with Gasteiger partial charge in [0.15, 0.2) is 6.10 Å². The number of carbonyl (C=O) groups is 2. The Balaban J connectivity index is 2.68. The van der Waals surface area contributed by atoms with Gasteiger partial charge in [0.25, 0.3) is 5.91 Å². The number of halogens is 2. The highest BCUT2D eigenvalue weighted by molar-refractivity contribution is 6.30. The summed E-state index contributed by atoms with van der Waals surface area (Å²) >= 11 is 5.54. The summed E-state index contributed by atoms with van der Waals surface area (Å²) in [5.41, 5.74) is -0.209. The first-order valence-electron chi connectivity index (χ1n) is 4.94. The average Bonchev–Trinajstić information content (AvgIpc) is 2.28. The number of benzene rings is 1. The van der Waals surface area contributed by atoms with Crippen LogP contribution >= 0.6 is 11.6 Å². The normalized spacial score (nSPS) is 11.9. The third-order valence-corrected chi connectivity index (χ3v) is 2.42. The molecular formula is C11H11ClFNO4. The number of methoxy groups -OCH3 is 1. The van der Waals surface area contributed by atoms with Gasteiger partial charge in [-0.15, -0.1) is 0 Å². The summed E-state index contributed by atoms with van der Waals surface area (Å²) in [7, 11) is 1.20. The first-order chi connectivity index (χ1) is 8.45. The molecule has 0 radical (unpaired) electrons. The van der Waals surface area contributed by atoms with Crippen molar-refractivity contribution >= 4 is 23.5 Å². The summed E-state index contributed by atoms with van der Waals surface area (Å²) < 4.78 is 18.0. The van der Waals surface area contributed by atoms with Gasteiger partial charge < -0.3 is 15.2 Å². The molecule has 1 atom stereocenters. The van der Waals surface area contributed by atoms with E-state index < -0.39 is 23.8 Å². The smallest absolute Gasteiger partial charge is 0.334 e. The quantitative estimate of drug-likeness (QED) is 0.849. The Hall–Kier alpha value is -1.66. The molecule has 0 spiro atoms. The van der Waals surface area contributed by atoms with Gasteiger partial charge >= 0.3 is 5.97 Å². The van der Waals surface area contributed by atoms with Crippen LogP contribution in [-0.2, 0) is 9.53 Å². The summed E-state index contributed by atoms with van der Waals surface area (Å²) in [6.07, 6.45) is -1.18. The SMILES string of the molecule is COC(CNC(=O)c1ccc(Cl)cc1F)C(=O)O. The minimum atomic E-state index is -1.21. The van der Waals surface area contributed by atoms with Crippen LogP contribution in [0.4, 0.5) is 4.39 Å². The van der Waals surface area contributed by atoms with Crippen LogP contribution in [0, 0.1) is 5.82 Å². The zero-order chi connectivity index (χ0) is 13.7. The van der Waals surface area contributed by atoms with E-state index in [0.717, 1.165) is 6.07 Å². The van der Waals surface area contributed by atoms with Crippen LogP contribution in [0.1, 0.15) is 10.4 Å². The van der Waals surface area contributed by atoms with Crippen molar-refractivity contribution in [3.63, 3.8) is 0 Å². The van der Waals surface area contributed by atoms with E-state index in [2.05, 4.69) is 10.1 Å². The van der Waals surface area contributed by atoms with Crippen molar-refractivity contribution in [2.45, 2.75) is 6.10 Å². The fourth-order valence-corrected chi connectivity index (χ4v) is 1.38. The van der Waals surface area contributed by atoms with E-state index in [1.54, 1.807) is 0 Å². The van der Waals surface area contributed by atoms with Gasteiger partial charge in [-0.3, -0.25) is 4.79 Å². The molecule has 1 rings (SSSR count). The van der Waals surface area contributed by atoms with Crippen LogP contribution in [0.3, 0.4) is 0 Å². The van der Waals surface area contributed by atoms with Crippen molar-refractivity contribution in [1.29, 1.82) is 0 Å². The first-order valence-corrected chi connectivity index (χ1v) is 5.32. The van der Waals surface area contributed by atoms with Gasteiger partial charge in [-0.2, -0.15) is 0 Å². The monoisotopic (exact) mass is 275 g/mol. The van der Waals surface area contributed by atoms with E-state index in [1.807, 2.05) is 0 Å². The zero-order valence-electron chi connectivity index (χ0n) is 9.44. The Morgan fingerprint density at radius 3 is 2.72 bits per heavy atom. The number of ether oxygens (including phenoxy) is 1. The molecule has 1 aromatic carbocycles. The Morgan fingerprint density at radius 2 is 2.22 bits per heavy atom. The number of rotatable bonds is 5. The lowest BCUT2D eigenvalue weighted by Gasteiger charge is -2.11. The Labute approximate surface area is 108 Å². The maximum Gasteiger partial charge on any atom is 0.334 e. The molecule has 2 N–H and O–H groups in total. The lowest BCUT2D eigenvalue weighted by atomic mass is 10.2. The Bertz CT molecular complexity index is 466. The molecule has 0 bridgehead atoms. The third-order valence-electron chi connectivity index (χ3n) is 2.18. The second kappa shape index (κ2) is 6.32. The number of carboxylic acid groups (broad SMARTS) is 1. The van der Waals surface area contributed by atoms with Gasteiger partial charge in [-0.05, 0) is 18.2 Å². The average molecular weight is 276 g/mol. The molecular weight excluding hydrogens is 265 g/mol. The van der Waals surface area contributed by atoms with Crippen LogP contribution in [0.15, 0.2) is 18.2 Å². The molecule has 1 amide bonds. The molecule has 5 nitrogen and oxygen atoms in total. The van der Waals surface area contributed by atoms with Gasteiger partial charge in [0, 0.05) is 12.1 Å². The van der Waals surface area contributed by atoms with Crippen molar-refractivity contribution in [2.24, 2.45) is 0 Å². The van der Waals surface area contributed by atoms with Gasteiger partial charge in [-0.1, -0.05) is 11.6 Å². The molecule has 0 aliphatic carbocycles. The van der Waals surface area contributed by atoms with Crippen molar-refractivity contribution in [3.05, 3.63) is 34.6 Å². The Morgan fingerprint density at radius 1 is 1.56 bits per heavy atom. The highest BCUT2D eigenvalue weighted by Gasteiger charge is 2.19. The molecule has 0 heterocycles. The maximum absolute atomic E-state index is 13.4. The zero-order valence-corrected chi connectivity index (χ0v) is 10.2. The van der Waals surface area contributed by atoms with E-state index in [9.17, 15) is 14.0 Å². The number of carboxylic acids is 1. The van der Waals surface area contributed by atoms with Crippen LogP contribution in [-0.4, -0.2) is 36.7 Å². The summed E-state index contributed by atoms with van der Waals surface area (Å²) in [6.45, 7) is -0.257. The summed E-state index contributed by atoms with van der Waals surface area (Å²) in [5, 5.41) is 11.1. The molecule has 0 saturated heterocycles. The van der Waals surface area contributed by atoms with E-state index in [0.29, 0.717) is 0 Å². The Kier molecular flexibility index (Phi) is 5.06. The number of carbonyl (C=O) groups excluding carboxylic acids is 1. The molecule has 0 aliphatic heterocycles. The minimum absolute atomic E-state index is 0.171. The van der Waals surface area contributed by atoms with Crippen LogP contribution in [0.5, 0.6) is 0 Å². The van der Waals surface area contributed by atoms with Crippen LogP contribution < -0.4 is 5.32 Å². The second-order valence-electron chi connectivity index (χ2n) is 3.40. The fraction of sp³-hybridized carbons (Fsp3) is 0.273. The predicted octanol–water partition coefficient (Wildman–Crippen LogP) is 1.31. The highest BCUT2D eigenvalue weighted by atomic mass is 35.5. The molecule has 0 fully saturated rings. The molecule has 18 heavy (non-hydrogen) atoms. The van der Waals surface area contributed by atoms with Crippen molar-refractivity contribution in [2.75, 3.05) is 13.7 Å². The largest absolute Gasteiger partial charge is 0.479 e. The minimum Gasteiger partial charge on any atom is -0.479 e. The van der Waals surface area contributed by atoms with Gasteiger partial charge in [0.2, 0.25) is 0 Å². The summed E-state index contributed by atoms with van der Waals surface area (Å²) in [4.78, 5) is 22.2. The van der Waals surface area contributed by atoms with Crippen molar-refractivity contribution in [3.8, 4) is 0 Å². The topological polar surface area (TPSA) is 75.6 Å². The number of hydrogen-bond acceptors (Lipinski definition) is 3. The van der Waals surface area contributed by atoms with Gasteiger partial charge in [-0.25, -0.2) is 9.18 Å². The second-order valence-corrected chi connectivity index (χ2v) is 3.83. The van der Waals surface area contributed by atoms with E-state index in [4.69, 9.17) is 16.7 Å². The predicted molar refractivity (Wildman–Crippen MR) is 62.2 cm³/mol. The first kappa shape index (κ1) is 14.4. The van der Waals surface area contributed by atoms with Crippen molar-refractivity contribution in [1.82, 2.24) is 5.32 Å². The molecule has 1 unspecified atom stereocenters. The molecule has 0 saturated carbocycles. The standard InChI is InChI=1S/C11H11ClFNO4/c1-18-9(11(16)17)5-14-10(15)7-3-2-6(12)4-8(7)13/h2-4,9H,5H2,1H3,(H,14,15)(H,16,17). The third kappa shape index (κ3) is 3.68. The summed E-state index contributed by atoms with van der Waals surface area (Å²) in [6, 6.07) is 3.58. The lowest BCUT2D eigenvalue weighted by molar-refractivity contribution is -0.148. The molecule has 98 valence electrons. The lowest BCUT2D eigenvalue weighted by Crippen LogP contribution is -2.38. The van der Waals surface area contributed by atoms with Gasteiger partial charge in [0.05, 0.1) is 12.1 Å². The fourth-order valence-electron chi connectivity index (χ4n) is 1.23. The molecule has 0 aromatic heterocycles.